The molecule has 3 aromatic rings. The fourth-order valence-corrected chi connectivity index (χ4v) is 4.35. The molecule has 1 atom stereocenters. The average Bonchev–Trinajstić information content (AvgIpc) is 2.80. The lowest BCUT2D eigenvalue weighted by molar-refractivity contribution is -0.127. The second-order valence-corrected chi connectivity index (χ2v) is 10.0. The summed E-state index contributed by atoms with van der Waals surface area (Å²) in [7, 11) is -4.02. The Morgan fingerprint density at radius 1 is 0.912 bits per heavy atom. The number of halogens is 1. The molecule has 1 amide bonds. The molecular weight excluding hydrogens is 476 g/mol. The number of hydrogen-bond acceptors (Lipinski definition) is 5. The summed E-state index contributed by atoms with van der Waals surface area (Å²) in [6, 6.07) is 18.5. The van der Waals surface area contributed by atoms with Gasteiger partial charge in [-0.2, -0.15) is 0 Å². The van der Waals surface area contributed by atoms with Crippen LogP contribution in [-0.4, -0.2) is 32.3 Å². The van der Waals surface area contributed by atoms with E-state index >= 15 is 0 Å². The highest BCUT2D eigenvalue weighted by Gasteiger charge is 2.21. The highest BCUT2D eigenvalue weighted by molar-refractivity contribution is 7.92. The predicted octanol–water partition coefficient (Wildman–Crippen LogP) is 4.66. The fraction of sp³-hybridized carbons (Fsp3) is 0.200. The average molecular weight is 501 g/mol. The van der Waals surface area contributed by atoms with Crippen molar-refractivity contribution in [1.29, 1.82) is 0 Å². The van der Waals surface area contributed by atoms with Crippen molar-refractivity contribution < 1.29 is 22.7 Å². The summed E-state index contributed by atoms with van der Waals surface area (Å²) >= 11 is 6.07. The Bertz CT molecular complexity index is 1280. The first kappa shape index (κ1) is 25.3. The van der Waals surface area contributed by atoms with E-state index in [2.05, 4.69) is 10.0 Å². The summed E-state index contributed by atoms with van der Waals surface area (Å²) in [5.74, 6) is -0.290. The molecule has 0 radical (unpaired) electrons. The molecule has 0 fully saturated rings. The number of carbonyl (C=O) groups excluding carboxylic acids is 2. The molecule has 9 heteroatoms. The molecule has 178 valence electrons. The van der Waals surface area contributed by atoms with Gasteiger partial charge in [-0.05, 0) is 63.2 Å². The zero-order valence-corrected chi connectivity index (χ0v) is 20.5. The first-order valence-corrected chi connectivity index (χ1v) is 12.4. The van der Waals surface area contributed by atoms with E-state index in [1.54, 1.807) is 37.3 Å². The van der Waals surface area contributed by atoms with Gasteiger partial charge in [-0.3, -0.25) is 14.3 Å². The second-order valence-electron chi connectivity index (χ2n) is 7.89. The molecular formula is C25H25ClN2O5S. The van der Waals surface area contributed by atoms with Crippen LogP contribution >= 0.6 is 11.6 Å². The van der Waals surface area contributed by atoms with Gasteiger partial charge in [-0.25, -0.2) is 8.42 Å². The number of carbonyl (C=O) groups is 2. The summed E-state index contributed by atoms with van der Waals surface area (Å²) < 4.78 is 34.1. The molecule has 2 N–H and O–H groups in total. The van der Waals surface area contributed by atoms with E-state index < -0.39 is 16.1 Å². The second kappa shape index (κ2) is 10.7. The van der Waals surface area contributed by atoms with E-state index in [4.69, 9.17) is 16.3 Å². The van der Waals surface area contributed by atoms with Crippen LogP contribution in [0, 0.1) is 0 Å². The molecule has 0 saturated heterocycles. The first-order valence-electron chi connectivity index (χ1n) is 10.6. The van der Waals surface area contributed by atoms with Crippen molar-refractivity contribution in [1.82, 2.24) is 5.32 Å². The molecule has 0 aliphatic carbocycles. The van der Waals surface area contributed by atoms with Gasteiger partial charge in [-0.1, -0.05) is 41.9 Å². The lowest BCUT2D eigenvalue weighted by Crippen LogP contribution is -2.40. The number of ketones is 1. The molecule has 3 aromatic carbocycles. The van der Waals surface area contributed by atoms with Crippen LogP contribution in [0.3, 0.4) is 0 Å². The highest BCUT2D eigenvalue weighted by Crippen LogP contribution is 2.27. The summed E-state index contributed by atoms with van der Waals surface area (Å²) in [6.45, 7) is 5.29. The van der Waals surface area contributed by atoms with Gasteiger partial charge in [0.2, 0.25) is 0 Å². The number of nitrogens with one attached hydrogen (secondary N) is 2. The Morgan fingerprint density at radius 2 is 1.56 bits per heavy atom. The maximum atomic E-state index is 13.0. The number of ether oxygens (including phenoxy) is 1. The standard InChI is InChI=1S/C25H25ClN2O5S/c1-16(2)27-25(30)17(3)33-20-10-12-21(13-11-20)34(31,32)28-23-14-9-19(26)15-22(23)24(29)18-7-5-4-6-8-18/h4-17,28H,1-3H3,(H,27,30)/t17-/m0/s1. The van der Waals surface area contributed by atoms with Crippen LogP contribution in [-0.2, 0) is 14.8 Å². The van der Waals surface area contributed by atoms with Gasteiger partial charge < -0.3 is 10.1 Å². The third-order valence-corrected chi connectivity index (χ3v) is 6.37. The maximum absolute atomic E-state index is 13.0. The summed E-state index contributed by atoms with van der Waals surface area (Å²) in [5.41, 5.74) is 0.645. The number of sulfonamides is 1. The predicted molar refractivity (Wildman–Crippen MR) is 132 cm³/mol. The van der Waals surface area contributed by atoms with Crippen LogP contribution in [0.2, 0.25) is 5.02 Å². The van der Waals surface area contributed by atoms with E-state index in [1.165, 1.54) is 42.5 Å². The van der Waals surface area contributed by atoms with Gasteiger partial charge in [0, 0.05) is 22.2 Å². The minimum Gasteiger partial charge on any atom is -0.481 e. The van der Waals surface area contributed by atoms with Crippen molar-refractivity contribution >= 4 is 39.0 Å². The molecule has 0 aromatic heterocycles. The SMILES string of the molecule is CC(C)NC(=O)[C@H](C)Oc1ccc(S(=O)(=O)Nc2ccc(Cl)cc2C(=O)c2ccccc2)cc1. The highest BCUT2D eigenvalue weighted by atomic mass is 35.5. The summed E-state index contributed by atoms with van der Waals surface area (Å²) in [5, 5.41) is 3.05. The third-order valence-electron chi connectivity index (χ3n) is 4.75. The molecule has 7 nitrogen and oxygen atoms in total. The van der Waals surface area contributed by atoms with Crippen molar-refractivity contribution in [3.05, 3.63) is 88.9 Å². The van der Waals surface area contributed by atoms with Gasteiger partial charge in [0.15, 0.2) is 11.9 Å². The third kappa shape index (κ3) is 6.36. The van der Waals surface area contributed by atoms with Gasteiger partial charge in [-0.15, -0.1) is 0 Å². The molecule has 0 bridgehead atoms. The largest absolute Gasteiger partial charge is 0.481 e. The van der Waals surface area contributed by atoms with E-state index in [0.29, 0.717) is 16.3 Å². The molecule has 3 rings (SSSR count). The van der Waals surface area contributed by atoms with Crippen LogP contribution in [0.5, 0.6) is 5.75 Å². The van der Waals surface area contributed by atoms with Crippen molar-refractivity contribution in [3.63, 3.8) is 0 Å². The molecule has 0 aliphatic heterocycles. The Hall–Kier alpha value is -3.36. The van der Waals surface area contributed by atoms with Crippen molar-refractivity contribution in [2.75, 3.05) is 4.72 Å². The van der Waals surface area contributed by atoms with E-state index in [1.807, 2.05) is 13.8 Å². The maximum Gasteiger partial charge on any atom is 0.261 e. The molecule has 0 aliphatic rings. The molecule has 0 unspecified atom stereocenters. The Kier molecular flexibility index (Phi) is 7.96. The van der Waals surface area contributed by atoms with E-state index in [0.717, 1.165) is 0 Å². The minimum absolute atomic E-state index is 0.0244. The molecule has 0 spiro atoms. The minimum atomic E-state index is -4.02. The topological polar surface area (TPSA) is 102 Å². The Labute approximate surface area is 204 Å². The van der Waals surface area contributed by atoms with Crippen LogP contribution < -0.4 is 14.8 Å². The molecule has 0 heterocycles. The van der Waals surface area contributed by atoms with Gasteiger partial charge >= 0.3 is 0 Å². The Morgan fingerprint density at radius 3 is 2.18 bits per heavy atom. The number of benzene rings is 3. The smallest absolute Gasteiger partial charge is 0.261 e. The number of rotatable bonds is 9. The van der Waals surface area contributed by atoms with Gasteiger partial charge in [0.05, 0.1) is 10.6 Å². The van der Waals surface area contributed by atoms with Crippen LogP contribution in [0.25, 0.3) is 0 Å². The normalized spacial score (nSPS) is 12.1. The van der Waals surface area contributed by atoms with E-state index in [9.17, 15) is 18.0 Å². The monoisotopic (exact) mass is 500 g/mol. The van der Waals surface area contributed by atoms with Gasteiger partial charge in [0.25, 0.3) is 15.9 Å². The molecule has 34 heavy (non-hydrogen) atoms. The van der Waals surface area contributed by atoms with Crippen LogP contribution in [0.1, 0.15) is 36.7 Å². The van der Waals surface area contributed by atoms with Crippen molar-refractivity contribution in [2.24, 2.45) is 0 Å². The lowest BCUT2D eigenvalue weighted by Gasteiger charge is -2.17. The lowest BCUT2D eigenvalue weighted by atomic mass is 10.0. The zero-order chi connectivity index (χ0) is 24.9. The number of hydrogen-bond donors (Lipinski definition) is 2. The summed E-state index contributed by atoms with van der Waals surface area (Å²) in [6.07, 6.45) is -0.747. The quantitative estimate of drug-likeness (QED) is 0.416. The van der Waals surface area contributed by atoms with E-state index in [-0.39, 0.29) is 33.9 Å². The summed E-state index contributed by atoms with van der Waals surface area (Å²) in [4.78, 5) is 25.0. The Balaban J connectivity index is 1.80. The van der Waals surface area contributed by atoms with Crippen molar-refractivity contribution in [2.45, 2.75) is 37.8 Å². The number of amides is 1. The first-order chi connectivity index (χ1) is 16.1. The number of anilines is 1. The van der Waals surface area contributed by atoms with Crippen LogP contribution in [0.4, 0.5) is 5.69 Å². The van der Waals surface area contributed by atoms with Gasteiger partial charge in [0.1, 0.15) is 5.75 Å². The molecule has 0 saturated carbocycles. The van der Waals surface area contributed by atoms with Crippen molar-refractivity contribution in [3.8, 4) is 5.75 Å². The van der Waals surface area contributed by atoms with Crippen LogP contribution in [0.15, 0.2) is 77.7 Å². The fourth-order valence-electron chi connectivity index (χ4n) is 3.10. The zero-order valence-electron chi connectivity index (χ0n) is 18.9.